The Hall–Kier alpha value is -2.75. The van der Waals surface area contributed by atoms with E-state index in [-0.39, 0.29) is 30.3 Å². The number of aryl methyl sites for hydroxylation is 1. The first-order chi connectivity index (χ1) is 13.3. The molecule has 0 saturated heterocycles. The molecule has 0 spiro atoms. The second-order valence-electron chi connectivity index (χ2n) is 6.56. The fraction of sp³-hybridized carbons (Fsp3) is 0.333. The molecule has 1 aliphatic rings. The van der Waals surface area contributed by atoms with E-state index in [0.717, 1.165) is 5.56 Å². The van der Waals surface area contributed by atoms with Crippen LogP contribution in [-0.2, 0) is 16.1 Å². The maximum absolute atomic E-state index is 13.5. The second kappa shape index (κ2) is 8.09. The van der Waals surface area contributed by atoms with Crippen molar-refractivity contribution in [1.29, 1.82) is 0 Å². The van der Waals surface area contributed by atoms with Crippen LogP contribution < -0.4 is 11.1 Å². The van der Waals surface area contributed by atoms with Crippen molar-refractivity contribution in [2.45, 2.75) is 19.4 Å². The summed E-state index contributed by atoms with van der Waals surface area (Å²) in [6, 6.07) is 4.23. The van der Waals surface area contributed by atoms with Crippen LogP contribution in [-0.4, -0.2) is 47.3 Å². The molecule has 1 aliphatic heterocycles. The molecule has 8 nitrogen and oxygen atoms in total. The smallest absolute Gasteiger partial charge is 0.262 e. The molecule has 0 saturated carbocycles. The van der Waals surface area contributed by atoms with E-state index in [2.05, 4.69) is 36.4 Å². The third-order valence-corrected chi connectivity index (χ3v) is 4.99. The molecule has 0 radical (unpaired) electrons. The van der Waals surface area contributed by atoms with Gasteiger partial charge in [0.1, 0.15) is 5.82 Å². The number of nitrogens with one attached hydrogen (secondary N) is 1. The first-order valence-corrected chi connectivity index (χ1v) is 9.30. The number of carbonyl (C=O) groups excluding carboxylic acids is 1. The Labute approximate surface area is 170 Å². The van der Waals surface area contributed by atoms with Crippen LogP contribution in [0.3, 0.4) is 0 Å². The summed E-state index contributed by atoms with van der Waals surface area (Å²) in [5.74, 6) is 0.00168. The number of rotatable bonds is 4. The predicted octanol–water partition coefficient (Wildman–Crippen LogP) is 1.92. The number of amides is 1. The SMILES string of the molecule is Cc1nc(N)nc2c1/C(=N/OCC(=O)N(C)C)NC(c1ccc(F)cc1Br)C2. The fourth-order valence-electron chi connectivity index (χ4n) is 2.92. The van der Waals surface area contributed by atoms with Crippen molar-refractivity contribution in [1.82, 2.24) is 20.2 Å². The molecule has 28 heavy (non-hydrogen) atoms. The minimum absolute atomic E-state index is 0.165. The Kier molecular flexibility index (Phi) is 5.78. The lowest BCUT2D eigenvalue weighted by molar-refractivity contribution is -0.133. The minimum atomic E-state index is -0.339. The zero-order valence-electron chi connectivity index (χ0n) is 15.7. The molecule has 1 unspecified atom stereocenters. The summed E-state index contributed by atoms with van der Waals surface area (Å²) < 4.78 is 14.1. The minimum Gasteiger partial charge on any atom is -0.384 e. The van der Waals surface area contributed by atoms with Crippen molar-refractivity contribution < 1.29 is 14.0 Å². The highest BCUT2D eigenvalue weighted by Gasteiger charge is 2.29. The summed E-state index contributed by atoms with van der Waals surface area (Å²) in [4.78, 5) is 26.9. The molecule has 1 amide bonds. The van der Waals surface area contributed by atoms with E-state index < -0.39 is 0 Å². The number of hydrogen-bond acceptors (Lipinski definition) is 6. The number of carbonyl (C=O) groups is 1. The number of nitrogens with zero attached hydrogens (tertiary/aromatic N) is 4. The topological polar surface area (TPSA) is 106 Å². The van der Waals surface area contributed by atoms with Gasteiger partial charge in [-0.15, -0.1) is 0 Å². The van der Waals surface area contributed by atoms with Crippen LogP contribution in [0.1, 0.15) is 28.6 Å². The summed E-state index contributed by atoms with van der Waals surface area (Å²) in [7, 11) is 3.27. The lowest BCUT2D eigenvalue weighted by atomic mass is 9.94. The fourth-order valence-corrected chi connectivity index (χ4v) is 3.55. The number of likely N-dealkylation sites (N-methyl/N-ethyl adjacent to an activating group) is 1. The molecule has 3 rings (SSSR count). The van der Waals surface area contributed by atoms with Gasteiger partial charge in [-0.25, -0.2) is 14.4 Å². The van der Waals surface area contributed by atoms with Crippen LogP contribution in [0.25, 0.3) is 0 Å². The first kappa shape index (κ1) is 20.0. The monoisotopic (exact) mass is 450 g/mol. The maximum atomic E-state index is 13.5. The van der Waals surface area contributed by atoms with E-state index in [1.54, 1.807) is 27.1 Å². The van der Waals surface area contributed by atoms with Gasteiger partial charge in [0.2, 0.25) is 5.95 Å². The van der Waals surface area contributed by atoms with Crippen LogP contribution in [0.15, 0.2) is 27.8 Å². The lowest BCUT2D eigenvalue weighted by Crippen LogP contribution is -2.38. The van der Waals surface area contributed by atoms with Gasteiger partial charge < -0.3 is 20.8 Å². The number of fused-ring (bicyclic) bond motifs is 1. The highest BCUT2D eigenvalue weighted by Crippen LogP contribution is 2.31. The normalized spacial score (nSPS) is 17.0. The van der Waals surface area contributed by atoms with E-state index in [1.165, 1.54) is 17.0 Å². The van der Waals surface area contributed by atoms with Crippen LogP contribution in [0.2, 0.25) is 0 Å². The van der Waals surface area contributed by atoms with Crippen molar-refractivity contribution in [3.05, 3.63) is 51.0 Å². The molecule has 148 valence electrons. The molecule has 0 fully saturated rings. The van der Waals surface area contributed by atoms with E-state index in [1.807, 2.05) is 0 Å². The number of aromatic nitrogens is 2. The first-order valence-electron chi connectivity index (χ1n) is 8.51. The number of anilines is 1. The van der Waals surface area contributed by atoms with Gasteiger partial charge in [-0.3, -0.25) is 4.79 Å². The van der Waals surface area contributed by atoms with Crippen molar-refractivity contribution in [2.75, 3.05) is 26.4 Å². The summed E-state index contributed by atoms with van der Waals surface area (Å²) in [6.07, 6.45) is 0.503. The number of hydrogen-bond donors (Lipinski definition) is 2. The molecule has 0 aliphatic carbocycles. The van der Waals surface area contributed by atoms with Gasteiger partial charge >= 0.3 is 0 Å². The Balaban J connectivity index is 1.97. The number of nitrogen functional groups attached to an aromatic ring is 1. The third kappa shape index (κ3) is 4.22. The summed E-state index contributed by atoms with van der Waals surface area (Å²) in [6.45, 7) is 1.60. The van der Waals surface area contributed by atoms with Gasteiger partial charge in [-0.2, -0.15) is 0 Å². The summed E-state index contributed by atoms with van der Waals surface area (Å²) in [5, 5.41) is 7.38. The largest absolute Gasteiger partial charge is 0.384 e. The van der Waals surface area contributed by atoms with Crippen molar-refractivity contribution >= 4 is 33.6 Å². The highest BCUT2D eigenvalue weighted by molar-refractivity contribution is 9.10. The molecule has 1 aromatic heterocycles. The molecule has 2 aromatic rings. The van der Waals surface area contributed by atoms with E-state index in [4.69, 9.17) is 10.6 Å². The Morgan fingerprint density at radius 2 is 2.21 bits per heavy atom. The van der Waals surface area contributed by atoms with Gasteiger partial charge in [0, 0.05) is 25.0 Å². The van der Waals surface area contributed by atoms with Gasteiger partial charge in [-0.1, -0.05) is 27.2 Å². The van der Waals surface area contributed by atoms with Gasteiger partial charge in [-0.05, 0) is 24.6 Å². The van der Waals surface area contributed by atoms with Crippen LogP contribution in [0.5, 0.6) is 0 Å². The predicted molar refractivity (Wildman–Crippen MR) is 106 cm³/mol. The number of nitrogens with two attached hydrogens (primary N) is 1. The molecular weight excluding hydrogens is 431 g/mol. The average molecular weight is 451 g/mol. The van der Waals surface area contributed by atoms with Crippen LogP contribution >= 0.6 is 15.9 Å². The quantitative estimate of drug-likeness (QED) is 0.689. The average Bonchev–Trinajstić information content (AvgIpc) is 2.60. The maximum Gasteiger partial charge on any atom is 0.262 e. The standard InChI is InChI=1S/C18H20BrFN6O2/c1-9-16-14(24-18(21)22-9)7-13(11-5-4-10(20)6-12(11)19)23-17(16)25-28-8-15(27)26(2)3/h4-6,13H,7-8H2,1-3H3,(H,23,25)(H2,21,22,24). The van der Waals surface area contributed by atoms with Gasteiger partial charge in [0.05, 0.1) is 23.0 Å². The zero-order chi connectivity index (χ0) is 20.4. The van der Waals surface area contributed by atoms with E-state index in [9.17, 15) is 9.18 Å². The second-order valence-corrected chi connectivity index (χ2v) is 7.41. The van der Waals surface area contributed by atoms with Crippen molar-refractivity contribution in [3.63, 3.8) is 0 Å². The van der Waals surface area contributed by atoms with E-state index >= 15 is 0 Å². The number of amidine groups is 1. The molecule has 1 atom stereocenters. The number of halogens is 2. The molecule has 2 heterocycles. The Morgan fingerprint density at radius 3 is 2.89 bits per heavy atom. The Bertz CT molecular complexity index is 950. The van der Waals surface area contributed by atoms with Gasteiger partial charge in [0.15, 0.2) is 12.4 Å². The third-order valence-electron chi connectivity index (χ3n) is 4.31. The van der Waals surface area contributed by atoms with Crippen LogP contribution in [0.4, 0.5) is 10.3 Å². The molecular formula is C18H20BrFN6O2. The van der Waals surface area contributed by atoms with Crippen LogP contribution in [0, 0.1) is 12.7 Å². The zero-order valence-corrected chi connectivity index (χ0v) is 17.2. The molecule has 10 heteroatoms. The molecule has 3 N–H and O–H groups in total. The van der Waals surface area contributed by atoms with Gasteiger partial charge in [0.25, 0.3) is 5.91 Å². The molecule has 1 aromatic carbocycles. The van der Waals surface area contributed by atoms with Crippen molar-refractivity contribution in [2.24, 2.45) is 5.16 Å². The summed E-state index contributed by atoms with van der Waals surface area (Å²) >= 11 is 3.40. The number of benzene rings is 1. The Morgan fingerprint density at radius 1 is 1.46 bits per heavy atom. The highest BCUT2D eigenvalue weighted by atomic mass is 79.9. The number of oxime groups is 1. The summed E-state index contributed by atoms with van der Waals surface area (Å²) in [5.41, 5.74) is 8.67. The van der Waals surface area contributed by atoms with E-state index in [0.29, 0.717) is 33.7 Å². The molecule has 0 bridgehead atoms. The van der Waals surface area contributed by atoms with Crippen molar-refractivity contribution in [3.8, 4) is 0 Å². The lowest BCUT2D eigenvalue weighted by Gasteiger charge is -2.29.